The molecule has 0 saturated carbocycles. The summed E-state index contributed by atoms with van der Waals surface area (Å²) in [6.45, 7) is 0. The first kappa shape index (κ1) is 12.8. The fourth-order valence-electron chi connectivity index (χ4n) is 1.45. The van der Waals surface area contributed by atoms with E-state index in [1.165, 1.54) is 19.5 Å². The minimum Gasteiger partial charge on any atom is -0.504 e. The van der Waals surface area contributed by atoms with Gasteiger partial charge in [0.2, 0.25) is 0 Å². The third kappa shape index (κ3) is 3.38. The number of benzene rings is 1. The number of nitrogens with zero attached hydrogens (tertiary/aromatic N) is 3. The molecule has 2 rings (SSSR count). The van der Waals surface area contributed by atoms with Crippen molar-refractivity contribution in [2.75, 3.05) is 7.11 Å². The smallest absolute Gasteiger partial charge is 0.166 e. The number of aromatic nitrogens is 1. The SMILES string of the molecule is COc1cccc(/C=N/N=C/c2ccccn2)c1O. The number of hydrogen-bond acceptors (Lipinski definition) is 5. The normalized spacial score (nSPS) is 11.2. The zero-order valence-corrected chi connectivity index (χ0v) is 10.4. The molecule has 2 aromatic rings. The van der Waals surface area contributed by atoms with Gasteiger partial charge in [0.15, 0.2) is 11.5 Å². The Bertz CT molecular complexity index is 595. The molecule has 0 fully saturated rings. The fourth-order valence-corrected chi connectivity index (χ4v) is 1.45. The van der Waals surface area contributed by atoms with Gasteiger partial charge in [-0.3, -0.25) is 4.98 Å². The number of phenolic OH excluding ortho intramolecular Hbond substituents is 1. The fraction of sp³-hybridized carbons (Fsp3) is 0.0714. The van der Waals surface area contributed by atoms with Crippen molar-refractivity contribution in [3.8, 4) is 11.5 Å². The third-order valence-electron chi connectivity index (χ3n) is 2.39. The van der Waals surface area contributed by atoms with Crippen LogP contribution in [0.5, 0.6) is 11.5 Å². The van der Waals surface area contributed by atoms with Crippen LogP contribution in [0.15, 0.2) is 52.8 Å². The molecule has 5 nitrogen and oxygen atoms in total. The average molecular weight is 255 g/mol. The summed E-state index contributed by atoms with van der Waals surface area (Å²) in [6.07, 6.45) is 4.67. The molecule has 0 atom stereocenters. The molecule has 0 radical (unpaired) electrons. The Kier molecular flexibility index (Phi) is 4.23. The van der Waals surface area contributed by atoms with Crippen molar-refractivity contribution < 1.29 is 9.84 Å². The van der Waals surface area contributed by atoms with Crippen molar-refractivity contribution >= 4 is 12.4 Å². The van der Waals surface area contributed by atoms with Crippen molar-refractivity contribution in [1.82, 2.24) is 4.98 Å². The van der Waals surface area contributed by atoms with E-state index in [0.29, 0.717) is 11.3 Å². The minimum atomic E-state index is 0.0433. The van der Waals surface area contributed by atoms with Crippen LogP contribution in [0.25, 0.3) is 0 Å². The highest BCUT2D eigenvalue weighted by molar-refractivity contribution is 5.85. The third-order valence-corrected chi connectivity index (χ3v) is 2.39. The highest BCUT2D eigenvalue weighted by Crippen LogP contribution is 2.27. The summed E-state index contributed by atoms with van der Waals surface area (Å²) in [6, 6.07) is 10.7. The Hall–Kier alpha value is -2.69. The molecule has 0 bridgehead atoms. The molecule has 0 aliphatic carbocycles. The molecule has 1 N–H and O–H groups in total. The topological polar surface area (TPSA) is 67.1 Å². The van der Waals surface area contributed by atoms with Crippen molar-refractivity contribution in [3.05, 3.63) is 53.9 Å². The van der Waals surface area contributed by atoms with Crippen molar-refractivity contribution in [1.29, 1.82) is 0 Å². The monoisotopic (exact) mass is 255 g/mol. The van der Waals surface area contributed by atoms with Gasteiger partial charge in [-0.25, -0.2) is 0 Å². The molecule has 1 aromatic carbocycles. The van der Waals surface area contributed by atoms with Gasteiger partial charge in [0.05, 0.1) is 25.2 Å². The van der Waals surface area contributed by atoms with E-state index in [-0.39, 0.29) is 5.75 Å². The van der Waals surface area contributed by atoms with Crippen molar-refractivity contribution in [2.45, 2.75) is 0 Å². The number of rotatable bonds is 4. The molecule has 1 aromatic heterocycles. The number of ether oxygens (including phenoxy) is 1. The van der Waals surface area contributed by atoms with Gasteiger partial charge in [-0.2, -0.15) is 10.2 Å². The van der Waals surface area contributed by atoms with Crippen LogP contribution in [0.3, 0.4) is 0 Å². The number of phenols is 1. The summed E-state index contributed by atoms with van der Waals surface area (Å²) in [4.78, 5) is 4.08. The molecule has 0 spiro atoms. The van der Waals surface area contributed by atoms with E-state index in [2.05, 4.69) is 15.2 Å². The number of methoxy groups -OCH3 is 1. The summed E-state index contributed by atoms with van der Waals surface area (Å²) in [5.74, 6) is 0.444. The summed E-state index contributed by atoms with van der Waals surface area (Å²) >= 11 is 0. The van der Waals surface area contributed by atoms with Gasteiger partial charge in [-0.15, -0.1) is 0 Å². The second kappa shape index (κ2) is 6.30. The molecule has 96 valence electrons. The van der Waals surface area contributed by atoms with Gasteiger partial charge >= 0.3 is 0 Å². The first-order chi connectivity index (χ1) is 9.31. The number of aromatic hydroxyl groups is 1. The van der Waals surface area contributed by atoms with Gasteiger partial charge in [0.25, 0.3) is 0 Å². The van der Waals surface area contributed by atoms with Crippen LogP contribution in [0.2, 0.25) is 0 Å². The zero-order chi connectivity index (χ0) is 13.5. The van der Waals surface area contributed by atoms with E-state index < -0.39 is 0 Å². The predicted octanol–water partition coefficient (Wildman–Crippen LogP) is 2.25. The Morgan fingerprint density at radius 1 is 1.11 bits per heavy atom. The number of para-hydroxylation sites is 1. The van der Waals surface area contributed by atoms with E-state index >= 15 is 0 Å². The second-order valence-electron chi connectivity index (χ2n) is 3.64. The lowest BCUT2D eigenvalue weighted by molar-refractivity contribution is 0.373. The molecule has 5 heteroatoms. The molecule has 0 aliphatic rings. The first-order valence-electron chi connectivity index (χ1n) is 5.64. The summed E-state index contributed by atoms with van der Waals surface area (Å²) < 4.78 is 5.00. The van der Waals surface area contributed by atoms with E-state index in [1.807, 2.05) is 18.2 Å². The Labute approximate surface area is 110 Å². The number of hydrogen-bond donors (Lipinski definition) is 1. The van der Waals surface area contributed by atoms with Crippen LogP contribution in [0, 0.1) is 0 Å². The summed E-state index contributed by atoms with van der Waals surface area (Å²) in [7, 11) is 1.50. The summed E-state index contributed by atoms with van der Waals surface area (Å²) in [5, 5.41) is 17.6. The maximum atomic E-state index is 9.82. The van der Waals surface area contributed by atoms with E-state index in [0.717, 1.165) is 5.69 Å². The Morgan fingerprint density at radius 3 is 2.68 bits per heavy atom. The van der Waals surface area contributed by atoms with Gasteiger partial charge in [-0.05, 0) is 24.3 Å². The molecule has 0 saturated heterocycles. The Balaban J connectivity index is 2.09. The van der Waals surface area contributed by atoms with E-state index in [4.69, 9.17) is 4.74 Å². The Morgan fingerprint density at radius 2 is 1.95 bits per heavy atom. The largest absolute Gasteiger partial charge is 0.504 e. The standard InChI is InChI=1S/C14H13N3O2/c1-19-13-7-4-5-11(14(13)18)9-16-17-10-12-6-2-3-8-15-12/h2-10,18H,1H3/b16-9+,17-10+. The van der Waals surface area contributed by atoms with Crippen molar-refractivity contribution in [2.24, 2.45) is 10.2 Å². The maximum Gasteiger partial charge on any atom is 0.166 e. The predicted molar refractivity (Wildman–Crippen MR) is 74.1 cm³/mol. The quantitative estimate of drug-likeness (QED) is 0.673. The second-order valence-corrected chi connectivity index (χ2v) is 3.64. The van der Waals surface area contributed by atoms with Gasteiger partial charge in [0.1, 0.15) is 0 Å². The average Bonchev–Trinajstić information content (AvgIpc) is 2.46. The van der Waals surface area contributed by atoms with Crippen LogP contribution in [-0.2, 0) is 0 Å². The van der Waals surface area contributed by atoms with Crippen LogP contribution in [0.4, 0.5) is 0 Å². The lowest BCUT2D eigenvalue weighted by Gasteiger charge is -2.04. The molecular weight excluding hydrogens is 242 g/mol. The molecular formula is C14H13N3O2. The molecule has 1 heterocycles. The summed E-state index contributed by atoms with van der Waals surface area (Å²) in [5.41, 5.74) is 1.26. The van der Waals surface area contributed by atoms with E-state index in [9.17, 15) is 5.11 Å². The lowest BCUT2D eigenvalue weighted by atomic mass is 10.2. The zero-order valence-electron chi connectivity index (χ0n) is 10.4. The number of pyridine rings is 1. The van der Waals surface area contributed by atoms with Gasteiger partial charge in [-0.1, -0.05) is 12.1 Å². The lowest BCUT2D eigenvalue weighted by Crippen LogP contribution is -1.88. The van der Waals surface area contributed by atoms with Crippen LogP contribution < -0.4 is 4.74 Å². The van der Waals surface area contributed by atoms with Crippen LogP contribution >= 0.6 is 0 Å². The first-order valence-corrected chi connectivity index (χ1v) is 5.64. The van der Waals surface area contributed by atoms with Crippen molar-refractivity contribution in [3.63, 3.8) is 0 Å². The van der Waals surface area contributed by atoms with Crippen LogP contribution in [0.1, 0.15) is 11.3 Å². The highest BCUT2D eigenvalue weighted by atomic mass is 16.5. The van der Waals surface area contributed by atoms with E-state index in [1.54, 1.807) is 24.4 Å². The highest BCUT2D eigenvalue weighted by Gasteiger charge is 2.04. The van der Waals surface area contributed by atoms with Crippen LogP contribution in [-0.4, -0.2) is 29.6 Å². The van der Waals surface area contributed by atoms with Gasteiger partial charge in [0, 0.05) is 11.8 Å². The molecule has 0 unspecified atom stereocenters. The maximum absolute atomic E-state index is 9.82. The van der Waals surface area contributed by atoms with Gasteiger partial charge < -0.3 is 9.84 Å². The molecule has 0 aliphatic heterocycles. The molecule has 0 amide bonds. The molecule has 19 heavy (non-hydrogen) atoms. The minimum absolute atomic E-state index is 0.0433.